The standard InChI is InChI=1S/C27H26F3NO/c1-31-16-8-15-26(19-31,21-11-6-3-7-12-21)18-25(32)23-14-13-22(27(28,29)30)17-24(23)20-9-4-2-5-10-20/h2-7,9-14,17H,8,15-16,18-19H2,1H3. The van der Waals surface area contributed by atoms with Crippen molar-refractivity contribution in [2.45, 2.75) is 30.9 Å². The molecule has 5 heteroatoms. The van der Waals surface area contributed by atoms with Gasteiger partial charge in [-0.3, -0.25) is 4.79 Å². The molecule has 4 rings (SSSR count). The van der Waals surface area contributed by atoms with E-state index in [0.717, 1.165) is 43.6 Å². The van der Waals surface area contributed by atoms with E-state index in [1.165, 1.54) is 6.07 Å². The van der Waals surface area contributed by atoms with Gasteiger partial charge in [0.1, 0.15) is 0 Å². The van der Waals surface area contributed by atoms with Gasteiger partial charge in [-0.15, -0.1) is 0 Å². The highest BCUT2D eigenvalue weighted by atomic mass is 19.4. The molecule has 0 saturated carbocycles. The van der Waals surface area contributed by atoms with Gasteiger partial charge in [-0.1, -0.05) is 66.7 Å². The molecule has 0 aliphatic carbocycles. The molecular formula is C27H26F3NO. The van der Waals surface area contributed by atoms with Crippen LogP contribution in [0.25, 0.3) is 11.1 Å². The lowest BCUT2D eigenvalue weighted by atomic mass is 9.70. The number of piperidine rings is 1. The lowest BCUT2D eigenvalue weighted by Crippen LogP contribution is -2.45. The number of Topliss-reactive ketones (excluding diaryl/α,β-unsaturated/α-hetero) is 1. The van der Waals surface area contributed by atoms with E-state index in [1.807, 2.05) is 18.2 Å². The lowest BCUT2D eigenvalue weighted by molar-refractivity contribution is -0.137. The Kier molecular flexibility index (Phi) is 6.20. The first-order valence-corrected chi connectivity index (χ1v) is 10.8. The van der Waals surface area contributed by atoms with Crippen molar-refractivity contribution in [3.05, 3.63) is 95.6 Å². The first-order chi connectivity index (χ1) is 15.3. The number of hydrogen-bond acceptors (Lipinski definition) is 2. The fraction of sp³-hybridized carbons (Fsp3) is 0.296. The number of likely N-dealkylation sites (N-methyl/N-ethyl adjacent to an activating group) is 1. The van der Waals surface area contributed by atoms with E-state index < -0.39 is 11.7 Å². The van der Waals surface area contributed by atoms with Crippen LogP contribution in [0.3, 0.4) is 0 Å². The number of ketones is 1. The molecule has 0 radical (unpaired) electrons. The normalized spacial score (nSPS) is 19.6. The summed E-state index contributed by atoms with van der Waals surface area (Å²) in [5.41, 5.74) is 1.28. The number of rotatable bonds is 5. The molecule has 166 valence electrons. The number of carbonyl (C=O) groups is 1. The van der Waals surface area contributed by atoms with Crippen LogP contribution in [0.4, 0.5) is 13.2 Å². The molecule has 1 heterocycles. The van der Waals surface area contributed by atoms with Gasteiger partial charge >= 0.3 is 6.18 Å². The van der Waals surface area contributed by atoms with Gasteiger partial charge < -0.3 is 4.90 Å². The van der Waals surface area contributed by atoms with Gasteiger partial charge in [-0.25, -0.2) is 0 Å². The topological polar surface area (TPSA) is 20.3 Å². The second kappa shape index (κ2) is 8.91. The fourth-order valence-corrected chi connectivity index (χ4v) is 4.86. The maximum Gasteiger partial charge on any atom is 0.416 e. The highest BCUT2D eigenvalue weighted by Gasteiger charge is 2.39. The van der Waals surface area contributed by atoms with Crippen molar-refractivity contribution in [2.75, 3.05) is 20.1 Å². The number of alkyl halides is 3. The Balaban J connectivity index is 1.76. The van der Waals surface area contributed by atoms with Crippen LogP contribution in [0.2, 0.25) is 0 Å². The molecule has 32 heavy (non-hydrogen) atoms. The molecule has 1 fully saturated rings. The molecule has 2 nitrogen and oxygen atoms in total. The highest BCUT2D eigenvalue weighted by molar-refractivity contribution is 6.03. The molecule has 1 unspecified atom stereocenters. The predicted octanol–water partition coefficient (Wildman–Crippen LogP) is 6.61. The van der Waals surface area contributed by atoms with Crippen LogP contribution in [-0.4, -0.2) is 30.8 Å². The van der Waals surface area contributed by atoms with E-state index in [-0.39, 0.29) is 17.6 Å². The van der Waals surface area contributed by atoms with Crippen molar-refractivity contribution in [1.82, 2.24) is 4.90 Å². The first kappa shape index (κ1) is 22.3. The minimum atomic E-state index is -4.47. The van der Waals surface area contributed by atoms with Crippen molar-refractivity contribution in [3.8, 4) is 11.1 Å². The molecular weight excluding hydrogens is 411 g/mol. The average molecular weight is 438 g/mol. The van der Waals surface area contributed by atoms with Crippen LogP contribution in [0.15, 0.2) is 78.9 Å². The maximum absolute atomic E-state index is 13.7. The summed E-state index contributed by atoms with van der Waals surface area (Å²) in [6, 6.07) is 22.3. The summed E-state index contributed by atoms with van der Waals surface area (Å²) in [5, 5.41) is 0. The van der Waals surface area contributed by atoms with E-state index in [1.54, 1.807) is 30.3 Å². The average Bonchev–Trinajstić information content (AvgIpc) is 2.79. The summed E-state index contributed by atoms with van der Waals surface area (Å²) in [6.45, 7) is 1.71. The van der Waals surface area contributed by atoms with Gasteiger partial charge in [-0.05, 0) is 55.3 Å². The van der Waals surface area contributed by atoms with Gasteiger partial charge in [0.25, 0.3) is 0 Å². The molecule has 0 amide bonds. The Bertz CT molecular complexity index is 1080. The highest BCUT2D eigenvalue weighted by Crippen LogP contribution is 2.40. The Labute approximate surface area is 186 Å². The Morgan fingerprint density at radius 1 is 0.969 bits per heavy atom. The zero-order valence-electron chi connectivity index (χ0n) is 18.0. The monoisotopic (exact) mass is 437 g/mol. The number of likely N-dealkylation sites (tertiary alicyclic amines) is 1. The summed E-state index contributed by atoms with van der Waals surface area (Å²) < 4.78 is 40.3. The van der Waals surface area contributed by atoms with Crippen molar-refractivity contribution < 1.29 is 18.0 Å². The summed E-state index contributed by atoms with van der Waals surface area (Å²) >= 11 is 0. The fourth-order valence-electron chi connectivity index (χ4n) is 4.86. The molecule has 0 N–H and O–H groups in total. The van der Waals surface area contributed by atoms with E-state index >= 15 is 0 Å². The molecule has 3 aromatic rings. The Morgan fingerprint density at radius 3 is 2.25 bits per heavy atom. The summed E-state index contributed by atoms with van der Waals surface area (Å²) in [6.07, 6.45) is -2.37. The Hall–Kier alpha value is -2.92. The van der Waals surface area contributed by atoms with Crippen molar-refractivity contribution in [1.29, 1.82) is 0 Å². The maximum atomic E-state index is 13.7. The predicted molar refractivity (Wildman–Crippen MR) is 121 cm³/mol. The third kappa shape index (κ3) is 4.63. The van der Waals surface area contributed by atoms with Crippen LogP contribution >= 0.6 is 0 Å². The molecule has 3 aromatic carbocycles. The zero-order valence-corrected chi connectivity index (χ0v) is 18.0. The third-order valence-corrected chi connectivity index (χ3v) is 6.38. The lowest BCUT2D eigenvalue weighted by Gasteiger charge is -2.42. The molecule has 1 saturated heterocycles. The number of carbonyl (C=O) groups excluding carboxylic acids is 1. The van der Waals surface area contributed by atoms with E-state index in [2.05, 4.69) is 24.1 Å². The largest absolute Gasteiger partial charge is 0.416 e. The van der Waals surface area contributed by atoms with Crippen LogP contribution in [0, 0.1) is 0 Å². The SMILES string of the molecule is CN1CCCC(CC(=O)c2ccc(C(F)(F)F)cc2-c2ccccc2)(c2ccccc2)C1. The van der Waals surface area contributed by atoms with Crippen LogP contribution in [-0.2, 0) is 11.6 Å². The minimum Gasteiger partial charge on any atom is -0.305 e. The number of hydrogen-bond donors (Lipinski definition) is 0. The molecule has 1 aliphatic heterocycles. The Morgan fingerprint density at radius 2 is 1.62 bits per heavy atom. The van der Waals surface area contributed by atoms with Crippen molar-refractivity contribution in [2.24, 2.45) is 0 Å². The van der Waals surface area contributed by atoms with Crippen LogP contribution < -0.4 is 0 Å². The minimum absolute atomic E-state index is 0.128. The van der Waals surface area contributed by atoms with Gasteiger partial charge in [0.15, 0.2) is 5.78 Å². The van der Waals surface area contributed by atoms with Crippen molar-refractivity contribution in [3.63, 3.8) is 0 Å². The molecule has 0 aromatic heterocycles. The van der Waals surface area contributed by atoms with Gasteiger partial charge in [0.05, 0.1) is 5.56 Å². The number of halogens is 3. The van der Waals surface area contributed by atoms with Crippen LogP contribution in [0.5, 0.6) is 0 Å². The molecule has 0 spiro atoms. The number of nitrogens with zero attached hydrogens (tertiary/aromatic N) is 1. The zero-order chi connectivity index (χ0) is 22.8. The molecule has 0 bridgehead atoms. The summed E-state index contributed by atoms with van der Waals surface area (Å²) in [4.78, 5) is 15.9. The molecule has 1 aliphatic rings. The third-order valence-electron chi connectivity index (χ3n) is 6.38. The quantitative estimate of drug-likeness (QED) is 0.419. The summed E-state index contributed by atoms with van der Waals surface area (Å²) in [7, 11) is 2.05. The van der Waals surface area contributed by atoms with Crippen molar-refractivity contribution >= 4 is 5.78 Å². The van der Waals surface area contributed by atoms with Gasteiger partial charge in [0.2, 0.25) is 0 Å². The van der Waals surface area contributed by atoms with E-state index in [0.29, 0.717) is 16.7 Å². The van der Waals surface area contributed by atoms with E-state index in [4.69, 9.17) is 0 Å². The van der Waals surface area contributed by atoms with E-state index in [9.17, 15) is 18.0 Å². The molecule has 1 atom stereocenters. The summed E-state index contributed by atoms with van der Waals surface area (Å²) in [5.74, 6) is -0.128. The number of benzene rings is 3. The van der Waals surface area contributed by atoms with Gasteiger partial charge in [0, 0.05) is 23.9 Å². The first-order valence-electron chi connectivity index (χ1n) is 10.8. The smallest absolute Gasteiger partial charge is 0.305 e. The second-order valence-electron chi connectivity index (χ2n) is 8.71. The van der Waals surface area contributed by atoms with Crippen LogP contribution in [0.1, 0.15) is 40.7 Å². The second-order valence-corrected chi connectivity index (χ2v) is 8.71. The van der Waals surface area contributed by atoms with Gasteiger partial charge in [-0.2, -0.15) is 13.2 Å².